The molecule has 1 aromatic rings. The SMILES string of the molecule is CCCCOc1ccc(N2CCN(S(=O)(=O)C3(C(=O)NO)CCN(CCOC)CC3)CC2)c(F)c1.Cl.Cl. The number of halogens is 3. The van der Waals surface area contributed by atoms with E-state index in [9.17, 15) is 22.8 Å². The molecule has 2 N–H and O–H groups in total. The summed E-state index contributed by atoms with van der Waals surface area (Å²) in [6.07, 6.45) is 2.02. The second kappa shape index (κ2) is 15.2. The molecule has 0 aromatic heterocycles. The van der Waals surface area contributed by atoms with E-state index in [2.05, 4.69) is 6.92 Å². The third-order valence-corrected chi connectivity index (χ3v) is 9.52. The normalized spacial score (nSPS) is 18.4. The van der Waals surface area contributed by atoms with Gasteiger partial charge in [0.15, 0.2) is 4.75 Å². The summed E-state index contributed by atoms with van der Waals surface area (Å²) in [6, 6.07) is 4.72. The molecule has 1 amide bonds. The first-order valence-corrected chi connectivity index (χ1v) is 13.6. The van der Waals surface area contributed by atoms with Crippen molar-refractivity contribution in [2.24, 2.45) is 0 Å². The Labute approximate surface area is 231 Å². The molecule has 2 heterocycles. The molecule has 37 heavy (non-hydrogen) atoms. The Bertz CT molecular complexity index is 959. The van der Waals surface area contributed by atoms with Gasteiger partial charge in [0.2, 0.25) is 10.0 Å². The number of ether oxygens (including phenoxy) is 2. The quantitative estimate of drug-likeness (QED) is 0.230. The predicted octanol–water partition coefficient (Wildman–Crippen LogP) is 2.29. The number of carbonyl (C=O) groups is 1. The minimum Gasteiger partial charge on any atom is -0.493 e. The number of rotatable bonds is 11. The van der Waals surface area contributed by atoms with Crippen LogP contribution in [0.5, 0.6) is 5.75 Å². The van der Waals surface area contributed by atoms with Gasteiger partial charge in [-0.05, 0) is 31.4 Å². The lowest BCUT2D eigenvalue weighted by molar-refractivity contribution is -0.133. The third-order valence-electron chi connectivity index (χ3n) is 6.89. The van der Waals surface area contributed by atoms with Crippen LogP contribution in [0.15, 0.2) is 18.2 Å². The van der Waals surface area contributed by atoms with Gasteiger partial charge < -0.3 is 19.3 Å². The lowest BCUT2D eigenvalue weighted by Crippen LogP contribution is -2.63. The topological polar surface area (TPSA) is 112 Å². The summed E-state index contributed by atoms with van der Waals surface area (Å²) < 4.78 is 52.3. The molecular weight excluding hydrogens is 550 g/mol. The Morgan fingerprint density at radius 3 is 2.30 bits per heavy atom. The Hall–Kier alpha value is -1.41. The first kappa shape index (κ1) is 33.6. The number of piperazine rings is 1. The fourth-order valence-electron chi connectivity index (χ4n) is 4.65. The largest absolute Gasteiger partial charge is 0.493 e. The van der Waals surface area contributed by atoms with Crippen molar-refractivity contribution in [3.63, 3.8) is 0 Å². The van der Waals surface area contributed by atoms with Crippen LogP contribution in [-0.4, -0.2) is 99.6 Å². The van der Waals surface area contributed by atoms with Crippen LogP contribution in [0.4, 0.5) is 10.1 Å². The van der Waals surface area contributed by atoms with Crippen molar-refractivity contribution >= 4 is 46.4 Å². The van der Waals surface area contributed by atoms with Crippen LogP contribution in [0.2, 0.25) is 0 Å². The number of hydroxylamine groups is 1. The van der Waals surface area contributed by atoms with E-state index in [0.717, 1.165) is 12.8 Å². The summed E-state index contributed by atoms with van der Waals surface area (Å²) in [4.78, 5) is 16.5. The van der Waals surface area contributed by atoms with Crippen LogP contribution in [-0.2, 0) is 19.6 Å². The fraction of sp³-hybridized carbons (Fsp3) is 0.696. The standard InChI is InChI=1S/C23H37FN4O6S.2ClH/c1-3-4-16-34-19-5-6-21(20(24)18-19)27-11-13-28(14-12-27)35(31,32)23(22(29)25-30)7-9-26(10-8-23)15-17-33-2;;/h5-6,18,30H,3-4,7-17H2,1-2H3,(H,25,29);2*1H. The maximum Gasteiger partial charge on any atom is 0.266 e. The number of anilines is 1. The molecule has 0 radical (unpaired) electrons. The zero-order chi connectivity index (χ0) is 25.5. The molecular formula is C23H39Cl2FN4O6S. The molecule has 2 aliphatic heterocycles. The van der Waals surface area contributed by atoms with Crippen LogP contribution in [0, 0.1) is 5.82 Å². The van der Waals surface area contributed by atoms with Gasteiger partial charge in [0.05, 0.1) is 18.9 Å². The van der Waals surface area contributed by atoms with Crippen LogP contribution in [0.25, 0.3) is 0 Å². The minimum atomic E-state index is -4.07. The number of hydrogen-bond donors (Lipinski definition) is 2. The number of hydrogen-bond acceptors (Lipinski definition) is 8. The highest BCUT2D eigenvalue weighted by Gasteiger charge is 2.55. The number of nitrogens with one attached hydrogen (secondary N) is 1. The zero-order valence-corrected chi connectivity index (χ0v) is 23.8. The van der Waals surface area contributed by atoms with Gasteiger partial charge in [0.1, 0.15) is 11.6 Å². The number of unbranched alkanes of at least 4 members (excludes halogenated alkanes) is 1. The molecule has 2 aliphatic rings. The van der Waals surface area contributed by atoms with Crippen molar-refractivity contribution in [1.82, 2.24) is 14.7 Å². The summed E-state index contributed by atoms with van der Waals surface area (Å²) in [5.41, 5.74) is 1.97. The molecule has 0 aliphatic carbocycles. The van der Waals surface area contributed by atoms with Crippen molar-refractivity contribution < 1.29 is 32.3 Å². The first-order chi connectivity index (χ1) is 16.8. The van der Waals surface area contributed by atoms with Gasteiger partial charge in [-0.15, -0.1) is 24.8 Å². The Morgan fingerprint density at radius 1 is 1.11 bits per heavy atom. The van der Waals surface area contributed by atoms with Crippen LogP contribution in [0.3, 0.4) is 0 Å². The predicted molar refractivity (Wildman–Crippen MR) is 144 cm³/mol. The summed E-state index contributed by atoms with van der Waals surface area (Å²) in [6.45, 7) is 5.31. The van der Waals surface area contributed by atoms with Gasteiger partial charge in [-0.1, -0.05) is 13.3 Å². The van der Waals surface area contributed by atoms with Crippen molar-refractivity contribution in [2.75, 3.05) is 71.0 Å². The summed E-state index contributed by atoms with van der Waals surface area (Å²) in [5.74, 6) is -0.861. The average molecular weight is 590 g/mol. The zero-order valence-electron chi connectivity index (χ0n) is 21.4. The first-order valence-electron chi connectivity index (χ1n) is 12.1. The molecule has 0 bridgehead atoms. The fourth-order valence-corrected chi connectivity index (χ4v) is 6.76. The molecule has 0 atom stereocenters. The smallest absolute Gasteiger partial charge is 0.266 e. The van der Waals surface area contributed by atoms with E-state index >= 15 is 0 Å². The number of nitrogens with zero attached hydrogens (tertiary/aromatic N) is 3. The van der Waals surface area contributed by atoms with Gasteiger partial charge in [-0.2, -0.15) is 4.31 Å². The summed E-state index contributed by atoms with van der Waals surface area (Å²) in [5, 5.41) is 9.36. The number of sulfonamides is 1. The molecule has 2 saturated heterocycles. The van der Waals surface area contributed by atoms with Crippen molar-refractivity contribution in [3.05, 3.63) is 24.0 Å². The Balaban J connectivity index is 0.00000342. The van der Waals surface area contributed by atoms with Gasteiger partial charge in [0.25, 0.3) is 5.91 Å². The summed E-state index contributed by atoms with van der Waals surface area (Å²) >= 11 is 0. The Kier molecular flexibility index (Phi) is 13.9. The maximum absolute atomic E-state index is 14.8. The molecule has 3 rings (SSSR count). The number of methoxy groups -OCH3 is 1. The van der Waals surface area contributed by atoms with E-state index in [0.29, 0.717) is 44.3 Å². The number of carbonyl (C=O) groups excluding carboxylic acids is 1. The highest BCUT2D eigenvalue weighted by molar-refractivity contribution is 7.91. The number of benzene rings is 1. The second-order valence-corrected chi connectivity index (χ2v) is 11.2. The van der Waals surface area contributed by atoms with E-state index in [1.807, 2.05) is 4.90 Å². The van der Waals surface area contributed by atoms with Crippen molar-refractivity contribution in [1.29, 1.82) is 0 Å². The van der Waals surface area contributed by atoms with Crippen LogP contribution < -0.4 is 15.1 Å². The number of likely N-dealkylation sites (tertiary alicyclic amines) is 1. The molecule has 0 unspecified atom stereocenters. The molecule has 214 valence electrons. The lowest BCUT2D eigenvalue weighted by atomic mass is 9.95. The molecule has 0 saturated carbocycles. The van der Waals surface area contributed by atoms with E-state index in [-0.39, 0.29) is 63.8 Å². The minimum absolute atomic E-state index is 0. The van der Waals surface area contributed by atoms with Crippen LogP contribution in [0.1, 0.15) is 32.6 Å². The Morgan fingerprint density at radius 2 is 1.76 bits per heavy atom. The van der Waals surface area contributed by atoms with Gasteiger partial charge in [-0.3, -0.25) is 10.0 Å². The van der Waals surface area contributed by atoms with Crippen molar-refractivity contribution in [2.45, 2.75) is 37.4 Å². The highest BCUT2D eigenvalue weighted by Crippen LogP contribution is 2.35. The van der Waals surface area contributed by atoms with E-state index in [4.69, 9.17) is 9.47 Å². The molecule has 0 spiro atoms. The van der Waals surface area contributed by atoms with Gasteiger partial charge in [-0.25, -0.2) is 18.3 Å². The van der Waals surface area contributed by atoms with E-state index < -0.39 is 26.5 Å². The highest BCUT2D eigenvalue weighted by atomic mass is 35.5. The summed E-state index contributed by atoms with van der Waals surface area (Å²) in [7, 11) is -2.48. The lowest BCUT2D eigenvalue weighted by Gasteiger charge is -2.44. The molecule has 10 nitrogen and oxygen atoms in total. The van der Waals surface area contributed by atoms with Gasteiger partial charge >= 0.3 is 0 Å². The third kappa shape index (κ3) is 7.59. The monoisotopic (exact) mass is 588 g/mol. The molecule has 2 fully saturated rings. The average Bonchev–Trinajstić information content (AvgIpc) is 2.87. The number of amides is 1. The van der Waals surface area contributed by atoms with Crippen molar-refractivity contribution in [3.8, 4) is 5.75 Å². The number of piperidine rings is 1. The van der Waals surface area contributed by atoms with E-state index in [1.54, 1.807) is 29.6 Å². The maximum atomic E-state index is 14.8. The molecule has 1 aromatic carbocycles. The van der Waals surface area contributed by atoms with Gasteiger partial charge in [0, 0.05) is 59.0 Å². The second-order valence-electron chi connectivity index (χ2n) is 8.98. The van der Waals surface area contributed by atoms with Crippen LogP contribution >= 0.6 is 24.8 Å². The van der Waals surface area contributed by atoms with E-state index in [1.165, 1.54) is 10.4 Å². The molecule has 14 heteroatoms.